The van der Waals surface area contributed by atoms with Gasteiger partial charge in [-0.2, -0.15) is 0 Å². The zero-order chi connectivity index (χ0) is 21.0. The topological polar surface area (TPSA) is 71.1 Å². The van der Waals surface area contributed by atoms with E-state index in [9.17, 15) is 9.59 Å². The molecule has 0 spiro atoms. The van der Waals surface area contributed by atoms with Gasteiger partial charge in [0.15, 0.2) is 13.2 Å². The van der Waals surface area contributed by atoms with Gasteiger partial charge < -0.3 is 18.9 Å². The van der Waals surface area contributed by atoms with Crippen molar-refractivity contribution in [2.45, 2.75) is 13.2 Å². The van der Waals surface area contributed by atoms with E-state index in [0.717, 1.165) is 11.1 Å². The van der Waals surface area contributed by atoms with Gasteiger partial charge in [-0.1, -0.05) is 60.7 Å². The summed E-state index contributed by atoms with van der Waals surface area (Å²) in [7, 11) is 0. The van der Waals surface area contributed by atoms with Crippen LogP contribution in [0.3, 0.4) is 0 Å². The van der Waals surface area contributed by atoms with Gasteiger partial charge in [0, 0.05) is 0 Å². The lowest BCUT2D eigenvalue weighted by atomic mass is 10.1. The van der Waals surface area contributed by atoms with Gasteiger partial charge >= 0.3 is 11.9 Å². The lowest BCUT2D eigenvalue weighted by Gasteiger charge is -2.09. The monoisotopic (exact) mass is 406 g/mol. The summed E-state index contributed by atoms with van der Waals surface area (Å²) in [6, 6.07) is 25.4. The minimum Gasteiger partial charge on any atom is -0.482 e. The summed E-state index contributed by atoms with van der Waals surface area (Å²) in [5.41, 5.74) is 1.65. The molecular formula is C24H22O6. The molecule has 6 nitrogen and oxygen atoms in total. The Kier molecular flexibility index (Phi) is 7.85. The number of carbonyl (C=O) groups excluding carboxylic acids is 2. The lowest BCUT2D eigenvalue weighted by Crippen LogP contribution is -2.15. The number of benzene rings is 3. The SMILES string of the molecule is O=C(COc1ccccc1)OCc1ccc(COC(=O)COc2ccccc2)cc1. The van der Waals surface area contributed by atoms with Crippen molar-refractivity contribution >= 4 is 11.9 Å². The molecule has 0 bridgehead atoms. The Hall–Kier alpha value is -3.80. The first-order chi connectivity index (χ1) is 14.7. The van der Waals surface area contributed by atoms with Crippen molar-refractivity contribution in [3.05, 3.63) is 96.1 Å². The number of hydrogen-bond donors (Lipinski definition) is 0. The predicted molar refractivity (Wildman–Crippen MR) is 110 cm³/mol. The summed E-state index contributed by atoms with van der Waals surface area (Å²) in [5.74, 6) is 0.329. The highest BCUT2D eigenvalue weighted by atomic mass is 16.6. The third kappa shape index (κ3) is 7.31. The summed E-state index contributed by atoms with van der Waals surface area (Å²) in [6.45, 7) is -0.0177. The molecule has 0 atom stereocenters. The zero-order valence-electron chi connectivity index (χ0n) is 16.4. The summed E-state index contributed by atoms with van der Waals surface area (Å²) in [6.07, 6.45) is 0. The average molecular weight is 406 g/mol. The number of hydrogen-bond acceptors (Lipinski definition) is 6. The van der Waals surface area contributed by atoms with Gasteiger partial charge in [-0.05, 0) is 35.4 Å². The average Bonchev–Trinajstić information content (AvgIpc) is 2.80. The van der Waals surface area contributed by atoms with Gasteiger partial charge in [0.25, 0.3) is 0 Å². The molecule has 6 heteroatoms. The summed E-state index contributed by atoms with van der Waals surface area (Å²) < 4.78 is 21.1. The van der Waals surface area contributed by atoms with E-state index in [0.29, 0.717) is 11.5 Å². The molecular weight excluding hydrogens is 384 g/mol. The molecule has 3 aromatic rings. The molecule has 3 aromatic carbocycles. The van der Waals surface area contributed by atoms with Crippen LogP contribution in [0.1, 0.15) is 11.1 Å². The van der Waals surface area contributed by atoms with Gasteiger partial charge in [-0.3, -0.25) is 0 Å². The van der Waals surface area contributed by atoms with Gasteiger partial charge in [-0.15, -0.1) is 0 Å². The lowest BCUT2D eigenvalue weighted by molar-refractivity contribution is -0.148. The van der Waals surface area contributed by atoms with Crippen molar-refractivity contribution in [3.8, 4) is 11.5 Å². The zero-order valence-corrected chi connectivity index (χ0v) is 16.4. The Bertz CT molecular complexity index is 844. The molecule has 30 heavy (non-hydrogen) atoms. The third-order valence-electron chi connectivity index (χ3n) is 4.02. The van der Waals surface area contributed by atoms with Gasteiger partial charge in [0.05, 0.1) is 0 Å². The van der Waals surface area contributed by atoms with Crippen LogP contribution in [0, 0.1) is 0 Å². The highest BCUT2D eigenvalue weighted by Crippen LogP contribution is 2.11. The normalized spacial score (nSPS) is 10.1. The van der Waals surface area contributed by atoms with E-state index in [4.69, 9.17) is 18.9 Å². The van der Waals surface area contributed by atoms with Crippen LogP contribution in [-0.4, -0.2) is 25.2 Å². The number of esters is 2. The summed E-state index contributed by atoms with van der Waals surface area (Å²) >= 11 is 0. The molecule has 0 unspecified atom stereocenters. The minimum atomic E-state index is -0.449. The largest absolute Gasteiger partial charge is 0.482 e. The van der Waals surface area contributed by atoms with Crippen molar-refractivity contribution in [1.29, 1.82) is 0 Å². The van der Waals surface area contributed by atoms with Crippen LogP contribution in [0.2, 0.25) is 0 Å². The van der Waals surface area contributed by atoms with Crippen molar-refractivity contribution in [2.75, 3.05) is 13.2 Å². The maximum atomic E-state index is 11.8. The Balaban J connectivity index is 1.34. The highest BCUT2D eigenvalue weighted by Gasteiger charge is 2.07. The van der Waals surface area contributed by atoms with Crippen LogP contribution in [0.4, 0.5) is 0 Å². The van der Waals surface area contributed by atoms with Crippen LogP contribution < -0.4 is 9.47 Å². The number of carbonyl (C=O) groups is 2. The number of ether oxygens (including phenoxy) is 4. The van der Waals surface area contributed by atoms with Gasteiger partial charge in [0.2, 0.25) is 0 Å². The molecule has 0 N–H and O–H groups in total. The summed E-state index contributed by atoms with van der Waals surface area (Å²) in [4.78, 5) is 23.6. The molecule has 0 aromatic heterocycles. The molecule has 0 radical (unpaired) electrons. The van der Waals surface area contributed by atoms with E-state index >= 15 is 0 Å². The minimum absolute atomic E-state index is 0.141. The van der Waals surface area contributed by atoms with Crippen LogP contribution >= 0.6 is 0 Å². The Morgan fingerprint density at radius 3 is 1.27 bits per heavy atom. The Morgan fingerprint density at radius 2 is 0.900 bits per heavy atom. The Labute approximate surface area is 175 Å². The van der Waals surface area contributed by atoms with E-state index in [1.54, 1.807) is 24.3 Å². The molecule has 0 saturated carbocycles. The van der Waals surface area contributed by atoms with Crippen molar-refractivity contribution in [3.63, 3.8) is 0 Å². The number of rotatable bonds is 10. The quantitative estimate of drug-likeness (QED) is 0.475. The van der Waals surface area contributed by atoms with E-state index < -0.39 is 11.9 Å². The fourth-order valence-corrected chi connectivity index (χ4v) is 2.46. The predicted octanol–water partition coefficient (Wildman–Crippen LogP) is 3.93. The standard InChI is InChI=1S/C24H22O6/c25-23(17-27-21-7-3-1-4-8-21)29-15-19-11-13-20(14-12-19)16-30-24(26)18-28-22-9-5-2-6-10-22/h1-14H,15-18H2. The second kappa shape index (κ2) is 11.3. The van der Waals surface area contributed by atoms with Crippen LogP contribution in [-0.2, 0) is 32.3 Å². The first-order valence-electron chi connectivity index (χ1n) is 9.44. The second-order valence-corrected chi connectivity index (χ2v) is 6.34. The molecule has 154 valence electrons. The van der Waals surface area contributed by atoms with E-state index in [1.807, 2.05) is 60.7 Å². The van der Waals surface area contributed by atoms with Crippen molar-refractivity contribution in [2.24, 2.45) is 0 Å². The molecule has 3 rings (SSSR count). The first kappa shape index (κ1) is 20.9. The van der Waals surface area contributed by atoms with Crippen LogP contribution in [0.15, 0.2) is 84.9 Å². The first-order valence-corrected chi connectivity index (χ1v) is 9.44. The van der Waals surface area contributed by atoms with Crippen molar-refractivity contribution in [1.82, 2.24) is 0 Å². The molecule has 0 heterocycles. The second-order valence-electron chi connectivity index (χ2n) is 6.34. The van der Waals surface area contributed by atoms with E-state index in [1.165, 1.54) is 0 Å². The molecule has 0 amide bonds. The molecule has 0 aliphatic heterocycles. The maximum absolute atomic E-state index is 11.8. The fourth-order valence-electron chi connectivity index (χ4n) is 2.46. The molecule has 0 saturated heterocycles. The van der Waals surface area contributed by atoms with Crippen LogP contribution in [0.25, 0.3) is 0 Å². The Morgan fingerprint density at radius 1 is 0.533 bits per heavy atom. The maximum Gasteiger partial charge on any atom is 0.344 e. The number of para-hydroxylation sites is 2. The smallest absolute Gasteiger partial charge is 0.344 e. The van der Waals surface area contributed by atoms with E-state index in [-0.39, 0.29) is 26.4 Å². The van der Waals surface area contributed by atoms with Gasteiger partial charge in [-0.25, -0.2) is 9.59 Å². The highest BCUT2D eigenvalue weighted by molar-refractivity contribution is 5.71. The summed E-state index contributed by atoms with van der Waals surface area (Å²) in [5, 5.41) is 0. The van der Waals surface area contributed by atoms with Crippen molar-refractivity contribution < 1.29 is 28.5 Å². The third-order valence-corrected chi connectivity index (χ3v) is 4.02. The van der Waals surface area contributed by atoms with Gasteiger partial charge in [0.1, 0.15) is 24.7 Å². The molecule has 0 aliphatic rings. The molecule has 0 fully saturated rings. The van der Waals surface area contributed by atoms with Crippen LogP contribution in [0.5, 0.6) is 11.5 Å². The van der Waals surface area contributed by atoms with E-state index in [2.05, 4.69) is 0 Å². The fraction of sp³-hybridized carbons (Fsp3) is 0.167. The molecule has 0 aliphatic carbocycles.